The number of carbonyl (C=O) groups excluding carboxylic acids is 1. The molecule has 1 N–H and O–H groups in total. The second-order valence-corrected chi connectivity index (χ2v) is 6.15. The number of amides is 1. The maximum absolute atomic E-state index is 12.6. The van der Waals surface area contributed by atoms with Crippen LogP contribution < -0.4 is 0 Å². The Bertz CT molecular complexity index is 560. The van der Waals surface area contributed by atoms with E-state index in [1.165, 1.54) is 0 Å². The first kappa shape index (κ1) is 15.5. The molecule has 2 heterocycles. The first-order valence-electron chi connectivity index (χ1n) is 7.36. The van der Waals surface area contributed by atoms with Crippen molar-refractivity contribution in [1.29, 1.82) is 0 Å². The van der Waals surface area contributed by atoms with Gasteiger partial charge in [0, 0.05) is 31.9 Å². The summed E-state index contributed by atoms with van der Waals surface area (Å²) in [6.07, 6.45) is 5.69. The Hall–Kier alpha value is -1.86. The number of pyridine rings is 1. The lowest BCUT2D eigenvalue weighted by Gasteiger charge is -2.37. The Labute approximate surface area is 126 Å². The van der Waals surface area contributed by atoms with Crippen LogP contribution in [0.5, 0.6) is 0 Å². The van der Waals surface area contributed by atoms with Crippen molar-refractivity contribution in [2.24, 2.45) is 5.41 Å². The van der Waals surface area contributed by atoms with E-state index in [-0.39, 0.29) is 12.5 Å². The minimum absolute atomic E-state index is 0.0255. The molecular weight excluding hydrogens is 264 g/mol. The normalized spacial score (nSPS) is 17.0. The summed E-state index contributed by atoms with van der Waals surface area (Å²) in [6, 6.07) is 1.73. The molecular formula is C17H22N2O2. The molecule has 0 saturated carbocycles. The van der Waals surface area contributed by atoms with Crippen LogP contribution in [0.1, 0.15) is 49.0 Å². The molecule has 0 radical (unpaired) electrons. The van der Waals surface area contributed by atoms with E-state index in [2.05, 4.69) is 30.7 Å². The topological polar surface area (TPSA) is 53.4 Å². The number of rotatable bonds is 2. The molecule has 1 aromatic heterocycles. The molecule has 0 unspecified atom stereocenters. The highest BCUT2D eigenvalue weighted by atomic mass is 16.2. The van der Waals surface area contributed by atoms with E-state index >= 15 is 0 Å². The van der Waals surface area contributed by atoms with Gasteiger partial charge in [0.2, 0.25) is 0 Å². The average Bonchev–Trinajstić information content (AvgIpc) is 2.47. The highest BCUT2D eigenvalue weighted by Crippen LogP contribution is 2.30. The lowest BCUT2D eigenvalue weighted by molar-refractivity contribution is 0.0630. The number of hydrogen-bond acceptors (Lipinski definition) is 3. The molecule has 0 aliphatic carbocycles. The summed E-state index contributed by atoms with van der Waals surface area (Å²) in [6.45, 7) is 6.09. The number of hydrogen-bond donors (Lipinski definition) is 1. The van der Waals surface area contributed by atoms with Crippen molar-refractivity contribution in [3.8, 4) is 11.8 Å². The number of aliphatic hydroxyl groups excluding tert-OH is 1. The molecule has 1 fully saturated rings. The van der Waals surface area contributed by atoms with Crippen LogP contribution in [0.15, 0.2) is 18.5 Å². The fourth-order valence-electron chi connectivity index (χ4n) is 2.38. The number of aromatic nitrogens is 1. The molecule has 1 aliphatic rings. The Morgan fingerprint density at radius 1 is 1.43 bits per heavy atom. The van der Waals surface area contributed by atoms with Crippen LogP contribution >= 0.6 is 0 Å². The second-order valence-electron chi connectivity index (χ2n) is 6.15. The summed E-state index contributed by atoms with van der Waals surface area (Å²) >= 11 is 0. The number of carbonyl (C=O) groups is 1. The van der Waals surface area contributed by atoms with Crippen molar-refractivity contribution in [1.82, 2.24) is 9.88 Å². The molecule has 1 aromatic rings. The van der Waals surface area contributed by atoms with E-state index in [0.29, 0.717) is 23.0 Å². The van der Waals surface area contributed by atoms with Crippen molar-refractivity contribution < 1.29 is 9.90 Å². The minimum atomic E-state index is 0.0255. The number of piperidine rings is 1. The lowest BCUT2D eigenvalue weighted by Crippen LogP contribution is -2.41. The van der Waals surface area contributed by atoms with Gasteiger partial charge in [0.1, 0.15) is 0 Å². The van der Waals surface area contributed by atoms with Gasteiger partial charge in [-0.15, -0.1) is 0 Å². The van der Waals surface area contributed by atoms with Crippen LogP contribution in [0, 0.1) is 17.3 Å². The minimum Gasteiger partial charge on any atom is -0.395 e. The molecule has 21 heavy (non-hydrogen) atoms. The molecule has 0 atom stereocenters. The lowest BCUT2D eigenvalue weighted by atomic mass is 9.82. The maximum atomic E-state index is 12.6. The number of aliphatic hydroxyl groups is 1. The van der Waals surface area contributed by atoms with Gasteiger partial charge < -0.3 is 10.0 Å². The first-order chi connectivity index (χ1) is 10.0. The fraction of sp³-hybridized carbons (Fsp3) is 0.529. The van der Waals surface area contributed by atoms with Crippen molar-refractivity contribution in [2.45, 2.75) is 33.1 Å². The Balaban J connectivity index is 2.15. The maximum Gasteiger partial charge on any atom is 0.255 e. The zero-order chi connectivity index (χ0) is 15.3. The number of nitrogens with zero attached hydrogens (tertiary/aromatic N) is 2. The summed E-state index contributed by atoms with van der Waals surface area (Å²) < 4.78 is 0. The summed E-state index contributed by atoms with van der Waals surface area (Å²) in [5.74, 6) is 5.81. The molecule has 1 amide bonds. The standard InChI is InChI=1S/C17H22N2O2/c1-17(2)7-10-19(11-8-17)16(21)15-6-9-18-13-14(15)5-3-4-12-20/h6,9,13,20H,4,7-8,10-12H2,1-2H3. The molecule has 1 aliphatic heterocycles. The summed E-state index contributed by atoms with van der Waals surface area (Å²) in [7, 11) is 0. The van der Waals surface area contributed by atoms with Gasteiger partial charge in [-0.25, -0.2) is 0 Å². The molecule has 112 valence electrons. The van der Waals surface area contributed by atoms with Crippen LogP contribution in [0.2, 0.25) is 0 Å². The van der Waals surface area contributed by atoms with E-state index in [1.807, 2.05) is 4.90 Å². The number of likely N-dealkylation sites (tertiary alicyclic amines) is 1. The largest absolute Gasteiger partial charge is 0.395 e. The Morgan fingerprint density at radius 2 is 2.14 bits per heavy atom. The summed E-state index contributed by atoms with van der Waals surface area (Å²) in [5, 5.41) is 8.78. The zero-order valence-electron chi connectivity index (χ0n) is 12.7. The molecule has 0 aromatic carbocycles. The van der Waals surface area contributed by atoms with Crippen molar-refractivity contribution in [2.75, 3.05) is 19.7 Å². The van der Waals surface area contributed by atoms with Crippen molar-refractivity contribution in [3.05, 3.63) is 29.6 Å². The molecule has 1 saturated heterocycles. The van der Waals surface area contributed by atoms with Gasteiger partial charge >= 0.3 is 0 Å². The van der Waals surface area contributed by atoms with Gasteiger partial charge in [0.15, 0.2) is 0 Å². The smallest absolute Gasteiger partial charge is 0.255 e. The average molecular weight is 286 g/mol. The van der Waals surface area contributed by atoms with E-state index in [4.69, 9.17) is 5.11 Å². The van der Waals surface area contributed by atoms with Crippen LogP contribution in [-0.4, -0.2) is 40.6 Å². The Kier molecular flexibility index (Phi) is 4.98. The van der Waals surface area contributed by atoms with E-state index in [0.717, 1.165) is 25.9 Å². The monoisotopic (exact) mass is 286 g/mol. The van der Waals surface area contributed by atoms with Crippen LogP contribution in [0.25, 0.3) is 0 Å². The van der Waals surface area contributed by atoms with Gasteiger partial charge in [-0.2, -0.15) is 0 Å². The highest BCUT2D eigenvalue weighted by Gasteiger charge is 2.28. The van der Waals surface area contributed by atoms with Crippen LogP contribution in [0.3, 0.4) is 0 Å². The van der Waals surface area contributed by atoms with Gasteiger partial charge in [0.25, 0.3) is 5.91 Å². The third-order valence-corrected chi connectivity index (χ3v) is 3.92. The highest BCUT2D eigenvalue weighted by molar-refractivity contribution is 5.96. The molecule has 4 nitrogen and oxygen atoms in total. The predicted octanol–water partition coefficient (Wildman–Crippen LogP) is 2.08. The quantitative estimate of drug-likeness (QED) is 0.847. The van der Waals surface area contributed by atoms with E-state index in [9.17, 15) is 4.79 Å². The van der Waals surface area contributed by atoms with Crippen LogP contribution in [0.4, 0.5) is 0 Å². The second kappa shape index (κ2) is 6.73. The van der Waals surface area contributed by atoms with Crippen molar-refractivity contribution in [3.63, 3.8) is 0 Å². The van der Waals surface area contributed by atoms with E-state index < -0.39 is 0 Å². The fourth-order valence-corrected chi connectivity index (χ4v) is 2.38. The third kappa shape index (κ3) is 4.05. The predicted molar refractivity (Wildman–Crippen MR) is 81.7 cm³/mol. The SMILES string of the molecule is CC1(C)CCN(C(=O)c2ccncc2C#CCCO)CC1. The van der Waals surface area contributed by atoms with Gasteiger partial charge in [-0.05, 0) is 24.3 Å². The molecule has 2 rings (SSSR count). The zero-order valence-corrected chi connectivity index (χ0v) is 12.7. The molecule has 0 bridgehead atoms. The Morgan fingerprint density at radius 3 is 2.81 bits per heavy atom. The van der Waals surface area contributed by atoms with Crippen molar-refractivity contribution >= 4 is 5.91 Å². The molecule has 4 heteroatoms. The van der Waals surface area contributed by atoms with Gasteiger partial charge in [-0.1, -0.05) is 25.7 Å². The van der Waals surface area contributed by atoms with Crippen LogP contribution in [-0.2, 0) is 0 Å². The van der Waals surface area contributed by atoms with Gasteiger partial charge in [-0.3, -0.25) is 9.78 Å². The third-order valence-electron chi connectivity index (χ3n) is 3.92. The van der Waals surface area contributed by atoms with E-state index in [1.54, 1.807) is 18.5 Å². The first-order valence-corrected chi connectivity index (χ1v) is 7.36. The summed E-state index contributed by atoms with van der Waals surface area (Å²) in [5.41, 5.74) is 1.56. The molecule has 0 spiro atoms. The van der Waals surface area contributed by atoms with Gasteiger partial charge in [0.05, 0.1) is 17.7 Å². The summed E-state index contributed by atoms with van der Waals surface area (Å²) in [4.78, 5) is 18.6.